The van der Waals surface area contributed by atoms with Crippen molar-refractivity contribution in [2.24, 2.45) is 0 Å². The van der Waals surface area contributed by atoms with Crippen LogP contribution in [0, 0.1) is 11.6 Å². The maximum atomic E-state index is 13.6. The molecule has 206 valence electrons. The molecule has 5 aromatic rings. The van der Waals surface area contributed by atoms with Gasteiger partial charge in [0.05, 0.1) is 27.3 Å². The molecule has 9 nitrogen and oxygen atoms in total. The summed E-state index contributed by atoms with van der Waals surface area (Å²) in [7, 11) is 0. The minimum absolute atomic E-state index is 0.120. The highest BCUT2D eigenvalue weighted by Crippen LogP contribution is 2.31. The Hall–Kier alpha value is -4.16. The van der Waals surface area contributed by atoms with Gasteiger partial charge in [0.25, 0.3) is 17.4 Å². The molecule has 0 spiro atoms. The van der Waals surface area contributed by atoms with E-state index in [0.29, 0.717) is 16.2 Å². The van der Waals surface area contributed by atoms with Crippen molar-refractivity contribution >= 4 is 74.8 Å². The Morgan fingerprint density at radius 1 is 0.756 bits per heavy atom. The molecule has 3 heterocycles. The Kier molecular flexibility index (Phi) is 7.87. The van der Waals surface area contributed by atoms with E-state index in [4.69, 9.17) is 46.4 Å². The van der Waals surface area contributed by atoms with E-state index in [2.05, 4.69) is 15.1 Å². The fourth-order valence-electron chi connectivity index (χ4n) is 3.79. The normalized spacial score (nSPS) is 13.2. The SMILES string of the molecule is O=C1C(Cl)=C(Cl)C(=O)N1c1ccc(F)cc1.O=c1c2cc(F)ccc2nc(-n2cncn2)n1-c1ccc(Cl)cc1Cl. The zero-order valence-electron chi connectivity index (χ0n) is 20.1. The van der Waals surface area contributed by atoms with Gasteiger partial charge in [-0.3, -0.25) is 14.4 Å². The molecule has 3 aromatic carbocycles. The zero-order valence-corrected chi connectivity index (χ0v) is 23.1. The quantitative estimate of drug-likeness (QED) is 0.232. The van der Waals surface area contributed by atoms with Crippen LogP contribution < -0.4 is 10.5 Å². The van der Waals surface area contributed by atoms with Crippen molar-refractivity contribution in [1.82, 2.24) is 24.3 Å². The Balaban J connectivity index is 0.000000182. The maximum absolute atomic E-state index is 13.6. The first-order valence-corrected chi connectivity index (χ1v) is 12.8. The largest absolute Gasteiger partial charge is 0.278 e. The summed E-state index contributed by atoms with van der Waals surface area (Å²) in [6, 6.07) is 13.3. The second-order valence-electron chi connectivity index (χ2n) is 8.20. The van der Waals surface area contributed by atoms with Gasteiger partial charge in [0.2, 0.25) is 5.95 Å². The summed E-state index contributed by atoms with van der Waals surface area (Å²) in [6.07, 6.45) is 2.71. The molecule has 1 aliphatic rings. The minimum Gasteiger partial charge on any atom is -0.268 e. The number of hydrogen-bond acceptors (Lipinski definition) is 6. The summed E-state index contributed by atoms with van der Waals surface area (Å²) in [5.74, 6) is -2.24. The summed E-state index contributed by atoms with van der Waals surface area (Å²) in [5, 5.41) is 4.16. The second kappa shape index (κ2) is 11.4. The van der Waals surface area contributed by atoms with Gasteiger partial charge in [-0.05, 0) is 60.7 Å². The van der Waals surface area contributed by atoms with E-state index in [1.807, 2.05) is 0 Å². The molecule has 0 saturated heterocycles. The highest BCUT2D eigenvalue weighted by atomic mass is 35.5. The predicted molar refractivity (Wildman–Crippen MR) is 150 cm³/mol. The number of hydrogen-bond donors (Lipinski definition) is 0. The molecule has 0 bridgehead atoms. The summed E-state index contributed by atoms with van der Waals surface area (Å²) >= 11 is 23.3. The molecular weight excluding hydrogens is 624 g/mol. The van der Waals surface area contributed by atoms with Gasteiger partial charge >= 0.3 is 0 Å². The van der Waals surface area contributed by atoms with E-state index in [1.54, 1.807) is 12.1 Å². The van der Waals surface area contributed by atoms with Crippen LogP contribution in [0.5, 0.6) is 0 Å². The first-order valence-electron chi connectivity index (χ1n) is 11.3. The van der Waals surface area contributed by atoms with Crippen LogP contribution in [0.2, 0.25) is 10.0 Å². The smallest absolute Gasteiger partial charge is 0.268 e. The standard InChI is InChI=1S/C16H8Cl2FN5O.C10H4Cl2FNO2/c17-9-1-4-14(12(18)5-9)24-15(25)11-6-10(19)2-3-13(11)22-16(24)23-8-20-7-21-23;11-7-8(12)10(16)14(9(7)15)6-3-1-5(13)2-4-6/h1-8H;1-4H. The number of amides is 2. The van der Waals surface area contributed by atoms with E-state index in [-0.39, 0.29) is 32.1 Å². The molecule has 0 N–H and O–H groups in total. The van der Waals surface area contributed by atoms with E-state index < -0.39 is 29.0 Å². The molecular formula is C26H12Cl4F2N6O3. The van der Waals surface area contributed by atoms with Crippen molar-refractivity contribution in [3.8, 4) is 11.6 Å². The number of aromatic nitrogens is 5. The Morgan fingerprint density at radius 2 is 1.41 bits per heavy atom. The van der Waals surface area contributed by atoms with E-state index >= 15 is 0 Å². The number of nitrogens with zero attached hydrogens (tertiary/aromatic N) is 6. The Labute approximate surface area is 248 Å². The van der Waals surface area contributed by atoms with Gasteiger partial charge in [0, 0.05) is 5.02 Å². The van der Waals surface area contributed by atoms with E-state index in [1.165, 1.54) is 52.2 Å². The van der Waals surface area contributed by atoms with Crippen LogP contribution in [0.25, 0.3) is 22.5 Å². The van der Waals surface area contributed by atoms with Crippen LogP contribution >= 0.6 is 46.4 Å². The van der Waals surface area contributed by atoms with Crippen LogP contribution in [0.15, 0.2) is 88.2 Å². The average molecular weight is 636 g/mol. The Bertz CT molecular complexity index is 1900. The van der Waals surface area contributed by atoms with Gasteiger partial charge in [0.15, 0.2) is 0 Å². The Morgan fingerprint density at radius 3 is 2.02 bits per heavy atom. The number of rotatable bonds is 3. The molecule has 0 fully saturated rings. The number of benzene rings is 3. The highest BCUT2D eigenvalue weighted by Gasteiger charge is 2.37. The molecule has 0 saturated carbocycles. The zero-order chi connectivity index (χ0) is 29.4. The summed E-state index contributed by atoms with van der Waals surface area (Å²) in [6.45, 7) is 0. The number of halogens is 6. The molecule has 2 amide bonds. The van der Waals surface area contributed by atoms with Gasteiger partial charge < -0.3 is 0 Å². The summed E-state index contributed by atoms with van der Waals surface area (Å²) in [4.78, 5) is 45.2. The predicted octanol–water partition coefficient (Wildman–Crippen LogP) is 5.80. The third-order valence-corrected chi connectivity index (χ3v) is 6.98. The summed E-state index contributed by atoms with van der Waals surface area (Å²) < 4.78 is 28.9. The van der Waals surface area contributed by atoms with Crippen molar-refractivity contribution in [3.63, 3.8) is 0 Å². The second-order valence-corrected chi connectivity index (χ2v) is 9.80. The molecule has 0 unspecified atom stereocenters. The summed E-state index contributed by atoms with van der Waals surface area (Å²) in [5.41, 5.74) is 0.419. The van der Waals surface area contributed by atoms with Crippen LogP contribution in [0.4, 0.5) is 14.5 Å². The topological polar surface area (TPSA) is 103 Å². The minimum atomic E-state index is -0.705. The highest BCUT2D eigenvalue weighted by molar-refractivity contribution is 6.62. The van der Waals surface area contributed by atoms with Crippen molar-refractivity contribution in [3.05, 3.63) is 115 Å². The van der Waals surface area contributed by atoms with Crippen molar-refractivity contribution in [2.45, 2.75) is 0 Å². The van der Waals surface area contributed by atoms with Gasteiger partial charge in [-0.1, -0.05) is 46.4 Å². The lowest BCUT2D eigenvalue weighted by Crippen LogP contribution is -2.30. The lowest BCUT2D eigenvalue weighted by molar-refractivity contribution is -0.120. The van der Waals surface area contributed by atoms with Crippen molar-refractivity contribution in [1.29, 1.82) is 0 Å². The molecule has 0 atom stereocenters. The third kappa shape index (κ3) is 5.44. The third-order valence-electron chi connectivity index (χ3n) is 5.65. The first kappa shape index (κ1) is 28.4. The van der Waals surface area contributed by atoms with Crippen molar-refractivity contribution in [2.75, 3.05) is 4.90 Å². The fourth-order valence-corrected chi connectivity index (χ4v) is 4.62. The van der Waals surface area contributed by atoms with Crippen molar-refractivity contribution < 1.29 is 18.4 Å². The van der Waals surface area contributed by atoms with Crippen LogP contribution in [0.1, 0.15) is 0 Å². The van der Waals surface area contributed by atoms with E-state index in [0.717, 1.165) is 23.1 Å². The van der Waals surface area contributed by atoms with Gasteiger partial charge in [0.1, 0.15) is 34.4 Å². The molecule has 6 rings (SSSR count). The molecule has 41 heavy (non-hydrogen) atoms. The van der Waals surface area contributed by atoms with Crippen LogP contribution in [-0.4, -0.2) is 36.1 Å². The number of carbonyl (C=O) groups is 2. The molecule has 2 aromatic heterocycles. The lowest BCUT2D eigenvalue weighted by atomic mass is 10.2. The van der Waals surface area contributed by atoms with E-state index in [9.17, 15) is 23.2 Å². The van der Waals surface area contributed by atoms with Gasteiger partial charge in [-0.2, -0.15) is 9.78 Å². The number of fused-ring (bicyclic) bond motifs is 1. The van der Waals surface area contributed by atoms with Gasteiger partial charge in [-0.25, -0.2) is 28.2 Å². The lowest BCUT2D eigenvalue weighted by Gasteiger charge is -2.14. The maximum Gasteiger partial charge on any atom is 0.278 e. The molecule has 0 aliphatic carbocycles. The molecule has 1 aliphatic heterocycles. The molecule has 15 heteroatoms. The van der Waals surface area contributed by atoms with Gasteiger partial charge in [-0.15, -0.1) is 0 Å². The monoisotopic (exact) mass is 634 g/mol. The number of anilines is 1. The first-order chi connectivity index (χ1) is 19.6. The van der Waals surface area contributed by atoms with Crippen LogP contribution in [-0.2, 0) is 9.59 Å². The molecule has 0 radical (unpaired) electrons. The number of carbonyl (C=O) groups excluding carboxylic acids is 2. The number of imide groups is 1. The van der Waals surface area contributed by atoms with Crippen LogP contribution in [0.3, 0.4) is 0 Å². The fraction of sp³-hybridized carbons (Fsp3) is 0. The average Bonchev–Trinajstić information content (AvgIpc) is 3.55.